The molecule has 174 valence electrons. The molecule has 2 aliphatic rings. The normalized spacial score (nSPS) is 19.1. The lowest BCUT2D eigenvalue weighted by Crippen LogP contribution is -2.51. The first-order valence-corrected chi connectivity index (χ1v) is 12.0. The van der Waals surface area contributed by atoms with Crippen molar-refractivity contribution in [2.75, 3.05) is 11.5 Å². The second kappa shape index (κ2) is 10.4. The van der Waals surface area contributed by atoms with Crippen LogP contribution in [-0.2, 0) is 20.8 Å². The lowest BCUT2D eigenvalue weighted by atomic mass is 9.92. The maximum Gasteiger partial charge on any atom is 0.257 e. The molecule has 2 fully saturated rings. The fourth-order valence-electron chi connectivity index (χ4n) is 4.82. The molecule has 6 nitrogen and oxygen atoms in total. The van der Waals surface area contributed by atoms with E-state index in [2.05, 4.69) is 0 Å². The van der Waals surface area contributed by atoms with E-state index >= 15 is 0 Å². The summed E-state index contributed by atoms with van der Waals surface area (Å²) < 4.78 is 5.46. The fraction of sp³-hybridized carbons (Fsp3) is 0.423. The van der Waals surface area contributed by atoms with E-state index in [0.29, 0.717) is 23.1 Å². The third-order valence-corrected chi connectivity index (χ3v) is 6.64. The summed E-state index contributed by atoms with van der Waals surface area (Å²) in [4.78, 5) is 42.8. The predicted octanol–water partition coefficient (Wildman–Crippen LogP) is 4.77. The van der Waals surface area contributed by atoms with E-state index in [1.54, 1.807) is 41.3 Å². The third-order valence-electron chi connectivity index (χ3n) is 6.39. The molecule has 1 unspecified atom stereocenters. The van der Waals surface area contributed by atoms with Gasteiger partial charge in [-0.15, -0.1) is 0 Å². The van der Waals surface area contributed by atoms with Crippen molar-refractivity contribution in [1.29, 1.82) is 0 Å². The van der Waals surface area contributed by atoms with E-state index in [-0.39, 0.29) is 36.6 Å². The second-order valence-corrected chi connectivity index (χ2v) is 9.05. The number of benzene rings is 2. The summed E-state index contributed by atoms with van der Waals surface area (Å²) in [6.07, 6.45) is 5.07. The summed E-state index contributed by atoms with van der Waals surface area (Å²) in [7, 11) is 0. The van der Waals surface area contributed by atoms with Gasteiger partial charge in [0, 0.05) is 11.1 Å². The Balaban J connectivity index is 1.58. The van der Waals surface area contributed by atoms with E-state index in [1.807, 2.05) is 19.1 Å². The number of nitrogens with zero attached hydrogens (tertiary/aromatic N) is 2. The van der Waals surface area contributed by atoms with Gasteiger partial charge >= 0.3 is 0 Å². The molecule has 0 radical (unpaired) electrons. The number of ether oxygens (including phenoxy) is 1. The molecule has 33 heavy (non-hydrogen) atoms. The van der Waals surface area contributed by atoms with E-state index in [1.165, 1.54) is 4.90 Å². The van der Waals surface area contributed by atoms with Crippen LogP contribution < -0.4 is 9.64 Å². The Morgan fingerprint density at radius 3 is 2.33 bits per heavy atom. The monoisotopic (exact) mass is 468 g/mol. The average Bonchev–Trinajstić information content (AvgIpc) is 3.10. The highest BCUT2D eigenvalue weighted by Crippen LogP contribution is 2.32. The Bertz CT molecular complexity index is 1000. The van der Waals surface area contributed by atoms with Crippen LogP contribution in [0.5, 0.6) is 5.75 Å². The van der Waals surface area contributed by atoms with Crippen LogP contribution in [0.3, 0.4) is 0 Å². The van der Waals surface area contributed by atoms with Crippen molar-refractivity contribution in [3.05, 3.63) is 59.1 Å². The molecular formula is C26H29ClN2O4. The minimum Gasteiger partial charge on any atom is -0.494 e. The highest BCUT2D eigenvalue weighted by molar-refractivity contribution is 6.30. The van der Waals surface area contributed by atoms with E-state index in [0.717, 1.165) is 37.7 Å². The molecule has 7 heteroatoms. The number of halogens is 1. The van der Waals surface area contributed by atoms with Gasteiger partial charge in [0.05, 0.1) is 25.1 Å². The molecule has 2 aromatic carbocycles. The molecule has 0 N–H and O–H groups in total. The van der Waals surface area contributed by atoms with Crippen molar-refractivity contribution < 1.29 is 19.1 Å². The number of carbonyl (C=O) groups is 3. The largest absolute Gasteiger partial charge is 0.494 e. The first-order valence-electron chi connectivity index (χ1n) is 11.6. The zero-order chi connectivity index (χ0) is 23.4. The molecule has 4 rings (SSSR count). The first kappa shape index (κ1) is 23.3. The number of imide groups is 1. The Morgan fingerprint density at radius 2 is 1.70 bits per heavy atom. The van der Waals surface area contributed by atoms with Gasteiger partial charge in [0.15, 0.2) is 0 Å². The molecule has 1 aliphatic carbocycles. The minimum atomic E-state index is -0.771. The van der Waals surface area contributed by atoms with Gasteiger partial charge in [0.1, 0.15) is 11.8 Å². The van der Waals surface area contributed by atoms with Crippen molar-refractivity contribution in [2.45, 2.75) is 64.0 Å². The van der Waals surface area contributed by atoms with Crippen LogP contribution in [0, 0.1) is 0 Å². The van der Waals surface area contributed by atoms with Crippen molar-refractivity contribution in [1.82, 2.24) is 4.90 Å². The number of amides is 3. The van der Waals surface area contributed by atoms with Gasteiger partial charge in [-0.1, -0.05) is 43.0 Å². The van der Waals surface area contributed by atoms with Crippen molar-refractivity contribution >= 4 is 35.0 Å². The van der Waals surface area contributed by atoms with Gasteiger partial charge in [-0.3, -0.25) is 14.4 Å². The molecule has 0 bridgehead atoms. The van der Waals surface area contributed by atoms with Crippen molar-refractivity contribution in [3.63, 3.8) is 0 Å². The molecule has 3 amide bonds. The summed E-state index contributed by atoms with van der Waals surface area (Å²) in [6.45, 7) is 2.43. The maximum atomic E-state index is 13.5. The number of carbonyl (C=O) groups excluding carboxylic acids is 3. The molecule has 0 aromatic heterocycles. The summed E-state index contributed by atoms with van der Waals surface area (Å²) in [6, 6.07) is 13.3. The molecule has 0 spiro atoms. The van der Waals surface area contributed by atoms with E-state index in [4.69, 9.17) is 16.3 Å². The summed E-state index contributed by atoms with van der Waals surface area (Å²) >= 11 is 5.98. The topological polar surface area (TPSA) is 66.9 Å². The number of anilines is 1. The van der Waals surface area contributed by atoms with Crippen LogP contribution >= 0.6 is 11.6 Å². The Hall–Kier alpha value is -2.86. The van der Waals surface area contributed by atoms with Gasteiger partial charge < -0.3 is 9.64 Å². The zero-order valence-electron chi connectivity index (χ0n) is 18.8. The summed E-state index contributed by atoms with van der Waals surface area (Å²) in [5.74, 6) is -0.0590. The number of rotatable bonds is 7. The van der Waals surface area contributed by atoms with Crippen LogP contribution in [0.2, 0.25) is 5.02 Å². The lowest BCUT2D eigenvalue weighted by Gasteiger charge is -2.37. The van der Waals surface area contributed by atoms with Crippen LogP contribution in [0.25, 0.3) is 0 Å². The highest BCUT2D eigenvalue weighted by atomic mass is 35.5. The highest BCUT2D eigenvalue weighted by Gasteiger charge is 2.46. The van der Waals surface area contributed by atoms with E-state index < -0.39 is 6.04 Å². The molecule has 1 aliphatic heterocycles. The van der Waals surface area contributed by atoms with Crippen LogP contribution in [0.4, 0.5) is 5.69 Å². The van der Waals surface area contributed by atoms with Gasteiger partial charge in [0.2, 0.25) is 11.8 Å². The first-order chi connectivity index (χ1) is 16.0. The van der Waals surface area contributed by atoms with Crippen molar-refractivity contribution in [2.24, 2.45) is 0 Å². The number of hydrogen-bond donors (Lipinski definition) is 0. The standard InChI is InChI=1S/C26H29ClN2O4/c1-2-33-22-14-12-21(13-15-22)29-25(31)17-23(26(29)32)28(20-6-4-3-5-7-20)24(30)16-18-8-10-19(27)11-9-18/h8-15,20,23H,2-7,16-17H2,1H3. The minimum absolute atomic E-state index is 0.00883. The van der Waals surface area contributed by atoms with Crippen LogP contribution in [0.15, 0.2) is 48.5 Å². The lowest BCUT2D eigenvalue weighted by molar-refractivity contribution is -0.141. The molecule has 1 saturated heterocycles. The Morgan fingerprint density at radius 1 is 1.03 bits per heavy atom. The Kier molecular flexibility index (Phi) is 7.33. The van der Waals surface area contributed by atoms with E-state index in [9.17, 15) is 14.4 Å². The quantitative estimate of drug-likeness (QED) is 0.549. The van der Waals surface area contributed by atoms with Gasteiger partial charge in [-0.2, -0.15) is 0 Å². The molecule has 2 aromatic rings. The molecule has 1 atom stereocenters. The SMILES string of the molecule is CCOc1ccc(N2C(=O)CC(N(C(=O)Cc3ccc(Cl)cc3)C3CCCCC3)C2=O)cc1. The molecule has 1 heterocycles. The average molecular weight is 469 g/mol. The van der Waals surface area contributed by atoms with Crippen LogP contribution in [0.1, 0.15) is 51.0 Å². The smallest absolute Gasteiger partial charge is 0.257 e. The van der Waals surface area contributed by atoms with Gasteiger partial charge in [0.25, 0.3) is 5.91 Å². The number of hydrogen-bond acceptors (Lipinski definition) is 4. The van der Waals surface area contributed by atoms with Crippen LogP contribution in [-0.4, -0.2) is 41.3 Å². The van der Waals surface area contributed by atoms with Gasteiger partial charge in [-0.05, 0) is 61.7 Å². The second-order valence-electron chi connectivity index (χ2n) is 8.61. The molecular weight excluding hydrogens is 440 g/mol. The van der Waals surface area contributed by atoms with Crippen molar-refractivity contribution in [3.8, 4) is 5.75 Å². The fourth-order valence-corrected chi connectivity index (χ4v) is 4.95. The third kappa shape index (κ3) is 5.22. The maximum absolute atomic E-state index is 13.5. The summed E-state index contributed by atoms with van der Waals surface area (Å²) in [5.41, 5.74) is 1.34. The zero-order valence-corrected chi connectivity index (χ0v) is 19.6. The van der Waals surface area contributed by atoms with Gasteiger partial charge in [-0.25, -0.2) is 4.90 Å². The summed E-state index contributed by atoms with van der Waals surface area (Å²) in [5, 5.41) is 0.609. The molecule has 1 saturated carbocycles. The Labute approximate surface area is 199 Å². The predicted molar refractivity (Wildman–Crippen MR) is 127 cm³/mol.